The van der Waals surface area contributed by atoms with Gasteiger partial charge in [-0.15, -0.1) is 0 Å². The van der Waals surface area contributed by atoms with Crippen LogP contribution >= 0.6 is 54.5 Å². The van der Waals surface area contributed by atoms with E-state index in [0.29, 0.717) is 6.54 Å². The van der Waals surface area contributed by atoms with Gasteiger partial charge in [-0.3, -0.25) is 4.68 Å². The van der Waals surface area contributed by atoms with Crippen molar-refractivity contribution in [3.8, 4) is 0 Å². The first kappa shape index (κ1) is 12.5. The lowest BCUT2D eigenvalue weighted by Crippen LogP contribution is -2.01. The summed E-state index contributed by atoms with van der Waals surface area (Å²) in [5, 5.41) is 4.31. The molecule has 0 aliphatic heterocycles. The number of benzene rings is 1. The molecule has 1 aromatic heterocycles. The number of rotatable bonds is 2. The van der Waals surface area contributed by atoms with Gasteiger partial charge >= 0.3 is 0 Å². The molecule has 0 bridgehead atoms. The third-order valence-electron chi connectivity index (χ3n) is 2.02. The largest absolute Gasteiger partial charge is 0.266 e. The molecule has 0 fully saturated rings. The fraction of sp³-hybridized carbons (Fsp3) is 0.100. The van der Waals surface area contributed by atoms with Crippen molar-refractivity contribution in [3.63, 3.8) is 0 Å². The Morgan fingerprint density at radius 2 is 2.06 bits per heavy atom. The number of halogens is 4. The van der Waals surface area contributed by atoms with Crippen LogP contribution in [0.15, 0.2) is 33.3 Å². The summed E-state index contributed by atoms with van der Waals surface area (Å²) in [6.07, 6.45) is 1.90. The lowest BCUT2D eigenvalue weighted by molar-refractivity contribution is 0.622. The Morgan fingerprint density at radius 1 is 1.31 bits per heavy atom. The molecule has 0 aliphatic rings. The highest BCUT2D eigenvalue weighted by molar-refractivity contribution is 14.1. The summed E-state index contributed by atoms with van der Waals surface area (Å²) < 4.78 is 17.3. The van der Waals surface area contributed by atoms with E-state index >= 15 is 0 Å². The van der Waals surface area contributed by atoms with Crippen LogP contribution in [0, 0.1) is 9.52 Å². The van der Waals surface area contributed by atoms with E-state index < -0.39 is 0 Å². The van der Waals surface area contributed by atoms with Gasteiger partial charge in [0.2, 0.25) is 0 Å². The standard InChI is InChI=1S/C10H6Br2FIN2/c11-8-3-7(13)2-1-6(8)4-16-5-9(12)10(14)15-16/h1-3,5H,4H2. The number of hydrogen-bond acceptors (Lipinski definition) is 1. The fourth-order valence-electron chi connectivity index (χ4n) is 1.28. The minimum atomic E-state index is -0.244. The molecule has 0 saturated carbocycles. The molecule has 0 saturated heterocycles. The van der Waals surface area contributed by atoms with E-state index in [1.54, 1.807) is 6.07 Å². The van der Waals surface area contributed by atoms with E-state index in [4.69, 9.17) is 0 Å². The Bertz CT molecular complexity index is 508. The third kappa shape index (κ3) is 2.84. The Labute approximate surface area is 123 Å². The fourth-order valence-corrected chi connectivity index (χ4v) is 2.49. The molecular weight excluding hydrogens is 454 g/mol. The first-order chi connectivity index (χ1) is 7.56. The maximum absolute atomic E-state index is 12.9. The Hall–Kier alpha value is 0.0500. The maximum Gasteiger partial charge on any atom is 0.137 e. The second-order valence-corrected chi connectivity index (χ2v) is 5.93. The lowest BCUT2D eigenvalue weighted by Gasteiger charge is -2.04. The number of nitrogens with zero attached hydrogens (tertiary/aromatic N) is 2. The Balaban J connectivity index is 2.27. The molecule has 0 aliphatic carbocycles. The zero-order chi connectivity index (χ0) is 11.7. The second kappa shape index (κ2) is 5.14. The van der Waals surface area contributed by atoms with Crippen molar-refractivity contribution >= 4 is 54.5 Å². The molecule has 1 heterocycles. The highest BCUT2D eigenvalue weighted by Gasteiger charge is 2.06. The van der Waals surface area contributed by atoms with E-state index in [2.05, 4.69) is 59.5 Å². The Kier molecular flexibility index (Phi) is 4.01. The summed E-state index contributed by atoms with van der Waals surface area (Å²) in [5.74, 6) is -0.244. The van der Waals surface area contributed by atoms with Gasteiger partial charge in [0.1, 0.15) is 9.52 Å². The van der Waals surface area contributed by atoms with Gasteiger partial charge in [-0.25, -0.2) is 4.39 Å². The van der Waals surface area contributed by atoms with Gasteiger partial charge < -0.3 is 0 Å². The van der Waals surface area contributed by atoms with E-state index in [1.165, 1.54) is 12.1 Å². The SMILES string of the molecule is Fc1ccc(Cn2cc(Br)c(I)n2)c(Br)c1. The number of hydrogen-bond donors (Lipinski definition) is 0. The van der Waals surface area contributed by atoms with Crippen LogP contribution in [0.25, 0.3) is 0 Å². The average molecular weight is 460 g/mol. The zero-order valence-electron chi connectivity index (χ0n) is 7.92. The van der Waals surface area contributed by atoms with Gasteiger partial charge in [0.15, 0.2) is 0 Å². The zero-order valence-corrected chi connectivity index (χ0v) is 13.3. The molecule has 16 heavy (non-hydrogen) atoms. The lowest BCUT2D eigenvalue weighted by atomic mass is 10.2. The van der Waals surface area contributed by atoms with Crippen molar-refractivity contribution in [2.75, 3.05) is 0 Å². The van der Waals surface area contributed by atoms with E-state index in [9.17, 15) is 4.39 Å². The smallest absolute Gasteiger partial charge is 0.137 e. The highest BCUT2D eigenvalue weighted by Crippen LogP contribution is 2.21. The van der Waals surface area contributed by atoms with Crippen LogP contribution in [0.3, 0.4) is 0 Å². The molecule has 2 nitrogen and oxygen atoms in total. The van der Waals surface area contributed by atoms with E-state index in [-0.39, 0.29) is 5.82 Å². The van der Waals surface area contributed by atoms with Crippen LogP contribution in [0.5, 0.6) is 0 Å². The van der Waals surface area contributed by atoms with Crippen LogP contribution in [0.2, 0.25) is 0 Å². The van der Waals surface area contributed by atoms with Gasteiger partial charge in [0, 0.05) is 10.7 Å². The molecule has 1 aromatic carbocycles. The minimum Gasteiger partial charge on any atom is -0.266 e. The summed E-state index contributed by atoms with van der Waals surface area (Å²) in [4.78, 5) is 0. The van der Waals surface area contributed by atoms with Crippen molar-refractivity contribution in [2.45, 2.75) is 6.54 Å². The molecule has 0 N–H and O–H groups in total. The van der Waals surface area contributed by atoms with Crippen LogP contribution in [0.4, 0.5) is 4.39 Å². The summed E-state index contributed by atoms with van der Waals surface area (Å²) in [6, 6.07) is 4.66. The van der Waals surface area contributed by atoms with Crippen LogP contribution in [-0.4, -0.2) is 9.78 Å². The van der Waals surface area contributed by atoms with E-state index in [0.717, 1.165) is 18.2 Å². The Morgan fingerprint density at radius 3 is 2.62 bits per heavy atom. The first-order valence-electron chi connectivity index (χ1n) is 4.38. The molecule has 0 atom stereocenters. The average Bonchev–Trinajstić information content (AvgIpc) is 2.51. The first-order valence-corrected chi connectivity index (χ1v) is 7.05. The normalized spacial score (nSPS) is 10.8. The predicted octanol–water partition coefficient (Wildman–Crippen LogP) is 4.20. The quantitative estimate of drug-likeness (QED) is 0.615. The molecule has 0 unspecified atom stereocenters. The molecule has 6 heteroatoms. The maximum atomic E-state index is 12.9. The van der Waals surface area contributed by atoms with Crippen molar-refractivity contribution < 1.29 is 4.39 Å². The second-order valence-electron chi connectivity index (χ2n) is 3.20. The molecule has 84 valence electrons. The van der Waals surface area contributed by atoms with Gasteiger partial charge in [0.05, 0.1) is 11.0 Å². The third-order valence-corrected chi connectivity index (χ3v) is 4.88. The molecule has 0 radical (unpaired) electrons. The van der Waals surface area contributed by atoms with Gasteiger partial charge in [-0.1, -0.05) is 22.0 Å². The minimum absolute atomic E-state index is 0.244. The van der Waals surface area contributed by atoms with Crippen molar-refractivity contribution in [1.29, 1.82) is 0 Å². The van der Waals surface area contributed by atoms with Crippen molar-refractivity contribution in [2.24, 2.45) is 0 Å². The van der Waals surface area contributed by atoms with Gasteiger partial charge in [-0.2, -0.15) is 5.10 Å². The van der Waals surface area contributed by atoms with Crippen LogP contribution in [-0.2, 0) is 6.54 Å². The predicted molar refractivity (Wildman–Crippen MR) is 75.8 cm³/mol. The van der Waals surface area contributed by atoms with Crippen molar-refractivity contribution in [1.82, 2.24) is 9.78 Å². The molecule has 0 amide bonds. The topological polar surface area (TPSA) is 17.8 Å². The van der Waals surface area contributed by atoms with Crippen LogP contribution < -0.4 is 0 Å². The summed E-state index contributed by atoms with van der Waals surface area (Å²) in [5.41, 5.74) is 0.993. The highest BCUT2D eigenvalue weighted by atomic mass is 127. The summed E-state index contributed by atoms with van der Waals surface area (Å²) >= 11 is 8.88. The monoisotopic (exact) mass is 458 g/mol. The van der Waals surface area contributed by atoms with E-state index in [1.807, 2.05) is 10.9 Å². The van der Waals surface area contributed by atoms with Gasteiger partial charge in [0.25, 0.3) is 0 Å². The summed E-state index contributed by atoms with van der Waals surface area (Å²) in [6.45, 7) is 0.614. The molecule has 0 spiro atoms. The molecule has 2 rings (SSSR count). The molecule has 2 aromatic rings. The number of aromatic nitrogens is 2. The van der Waals surface area contributed by atoms with Crippen molar-refractivity contribution in [3.05, 3.63) is 48.4 Å². The molecular formula is C10H6Br2FIN2. The van der Waals surface area contributed by atoms with Gasteiger partial charge in [-0.05, 0) is 56.2 Å². The summed E-state index contributed by atoms with van der Waals surface area (Å²) in [7, 11) is 0. The van der Waals surface area contributed by atoms with Crippen LogP contribution in [0.1, 0.15) is 5.56 Å².